The number of aromatic nitrogens is 2. The van der Waals surface area contributed by atoms with Crippen LogP contribution in [0.15, 0.2) is 24.3 Å². The van der Waals surface area contributed by atoms with E-state index in [0.29, 0.717) is 11.7 Å². The minimum Gasteiger partial charge on any atom is -0.507 e. The highest BCUT2D eigenvalue weighted by Crippen LogP contribution is 2.33. The van der Waals surface area contributed by atoms with Crippen molar-refractivity contribution >= 4 is 5.82 Å². The van der Waals surface area contributed by atoms with Crippen LogP contribution in [0.2, 0.25) is 0 Å². The summed E-state index contributed by atoms with van der Waals surface area (Å²) in [4.78, 5) is 4.74. The van der Waals surface area contributed by atoms with Crippen LogP contribution in [-0.2, 0) is 4.74 Å². The standard InChI is InChI=1S/C20H26N4O2/c1-4-23-7-8-26-18-12-24(11-16(18)23)19-6-5-15(21-22-19)20-14(3)9-13(2)10-17(20)25/h5-6,9-10,16,18,25H,4,7-8,11-12H2,1-3H3/t16-,18-/m1/s1. The number of benzene rings is 1. The third-order valence-electron chi connectivity index (χ3n) is 5.51. The molecule has 1 aromatic heterocycles. The Labute approximate surface area is 154 Å². The number of hydrogen-bond acceptors (Lipinski definition) is 6. The first-order valence-electron chi connectivity index (χ1n) is 9.31. The van der Waals surface area contributed by atoms with E-state index in [1.807, 2.05) is 32.0 Å². The number of aryl methyl sites for hydroxylation is 2. The van der Waals surface area contributed by atoms with E-state index in [2.05, 4.69) is 26.9 Å². The SMILES string of the molecule is CCN1CCO[C@@H]2CN(c3ccc(-c4c(C)cc(C)cc4O)nn3)C[C@H]21. The van der Waals surface area contributed by atoms with Crippen LogP contribution < -0.4 is 4.90 Å². The zero-order chi connectivity index (χ0) is 18.3. The molecule has 2 fully saturated rings. The Kier molecular flexibility index (Phi) is 4.54. The number of likely N-dealkylation sites (N-methyl/N-ethyl adjacent to an activating group) is 1. The lowest BCUT2D eigenvalue weighted by molar-refractivity contribution is -0.0445. The van der Waals surface area contributed by atoms with E-state index >= 15 is 0 Å². The molecule has 0 bridgehead atoms. The Morgan fingerprint density at radius 3 is 2.73 bits per heavy atom. The summed E-state index contributed by atoms with van der Waals surface area (Å²) in [5.41, 5.74) is 3.49. The molecule has 0 amide bonds. The Morgan fingerprint density at radius 1 is 1.19 bits per heavy atom. The van der Waals surface area contributed by atoms with Crippen LogP contribution in [0.3, 0.4) is 0 Å². The Bertz CT molecular complexity index is 770. The van der Waals surface area contributed by atoms with Crippen molar-refractivity contribution in [1.29, 1.82) is 0 Å². The highest BCUT2D eigenvalue weighted by Gasteiger charge is 2.40. The maximum absolute atomic E-state index is 10.3. The van der Waals surface area contributed by atoms with Gasteiger partial charge in [-0.1, -0.05) is 13.0 Å². The number of rotatable bonds is 3. The van der Waals surface area contributed by atoms with Gasteiger partial charge in [-0.2, -0.15) is 0 Å². The number of ether oxygens (including phenoxy) is 1. The topological polar surface area (TPSA) is 61.7 Å². The second-order valence-electron chi connectivity index (χ2n) is 7.26. The van der Waals surface area contributed by atoms with Gasteiger partial charge in [-0.25, -0.2) is 0 Å². The van der Waals surface area contributed by atoms with Gasteiger partial charge in [0.25, 0.3) is 0 Å². The van der Waals surface area contributed by atoms with Gasteiger partial charge in [-0.05, 0) is 49.7 Å². The molecule has 6 heteroatoms. The first-order valence-corrected chi connectivity index (χ1v) is 9.31. The molecule has 6 nitrogen and oxygen atoms in total. The zero-order valence-electron chi connectivity index (χ0n) is 15.6. The van der Waals surface area contributed by atoms with E-state index in [-0.39, 0.29) is 11.9 Å². The third kappa shape index (κ3) is 3.04. The van der Waals surface area contributed by atoms with Crippen LogP contribution in [0.5, 0.6) is 5.75 Å². The number of hydrogen-bond donors (Lipinski definition) is 1. The molecule has 26 heavy (non-hydrogen) atoms. The predicted octanol–water partition coefficient (Wildman–Crippen LogP) is 2.38. The lowest BCUT2D eigenvalue weighted by Crippen LogP contribution is -2.50. The maximum atomic E-state index is 10.3. The molecule has 4 rings (SSSR count). The summed E-state index contributed by atoms with van der Waals surface area (Å²) in [6, 6.07) is 8.18. The maximum Gasteiger partial charge on any atom is 0.151 e. The molecule has 0 unspecified atom stereocenters. The second kappa shape index (κ2) is 6.85. The van der Waals surface area contributed by atoms with Crippen LogP contribution in [0.1, 0.15) is 18.1 Å². The van der Waals surface area contributed by atoms with Crippen molar-refractivity contribution in [2.75, 3.05) is 37.7 Å². The number of aromatic hydroxyl groups is 1. The Hall–Kier alpha value is -2.18. The third-order valence-corrected chi connectivity index (χ3v) is 5.51. The number of phenols is 1. The molecule has 1 N–H and O–H groups in total. The van der Waals surface area contributed by atoms with Crippen molar-refractivity contribution < 1.29 is 9.84 Å². The molecule has 2 atom stereocenters. The molecule has 2 aliphatic rings. The molecular weight excluding hydrogens is 328 g/mol. The average Bonchev–Trinajstić information content (AvgIpc) is 3.05. The first kappa shape index (κ1) is 17.2. The second-order valence-corrected chi connectivity index (χ2v) is 7.26. The van der Waals surface area contributed by atoms with Gasteiger partial charge in [0.15, 0.2) is 5.82 Å². The number of fused-ring (bicyclic) bond motifs is 1. The zero-order valence-corrected chi connectivity index (χ0v) is 15.6. The van der Waals surface area contributed by atoms with Gasteiger partial charge in [-0.3, -0.25) is 4.90 Å². The molecule has 2 saturated heterocycles. The molecule has 2 aliphatic heterocycles. The molecule has 0 radical (unpaired) electrons. The van der Waals surface area contributed by atoms with Crippen LogP contribution >= 0.6 is 0 Å². The van der Waals surface area contributed by atoms with Crippen molar-refractivity contribution in [2.24, 2.45) is 0 Å². The highest BCUT2D eigenvalue weighted by molar-refractivity contribution is 5.71. The molecule has 2 aromatic rings. The van der Waals surface area contributed by atoms with Gasteiger partial charge < -0.3 is 14.7 Å². The summed E-state index contributed by atoms with van der Waals surface area (Å²) >= 11 is 0. The van der Waals surface area contributed by atoms with Gasteiger partial charge in [0.2, 0.25) is 0 Å². The van der Waals surface area contributed by atoms with Crippen LogP contribution in [0, 0.1) is 13.8 Å². The molecule has 0 aliphatic carbocycles. The van der Waals surface area contributed by atoms with E-state index in [0.717, 1.165) is 55.3 Å². The smallest absolute Gasteiger partial charge is 0.151 e. The van der Waals surface area contributed by atoms with Gasteiger partial charge in [0.05, 0.1) is 24.4 Å². The fourth-order valence-electron chi connectivity index (χ4n) is 4.24. The first-order chi connectivity index (χ1) is 12.6. The summed E-state index contributed by atoms with van der Waals surface area (Å²) in [6.45, 7) is 10.8. The van der Waals surface area contributed by atoms with E-state index in [9.17, 15) is 5.11 Å². The normalized spacial score (nSPS) is 23.3. The quantitative estimate of drug-likeness (QED) is 0.913. The van der Waals surface area contributed by atoms with Crippen molar-refractivity contribution in [2.45, 2.75) is 32.9 Å². The fourth-order valence-corrected chi connectivity index (χ4v) is 4.24. The van der Waals surface area contributed by atoms with Gasteiger partial charge in [0, 0.05) is 25.2 Å². The molecule has 3 heterocycles. The van der Waals surface area contributed by atoms with Crippen molar-refractivity contribution in [3.63, 3.8) is 0 Å². The lowest BCUT2D eigenvalue weighted by atomic mass is 10.0. The summed E-state index contributed by atoms with van der Waals surface area (Å²) < 4.78 is 5.96. The van der Waals surface area contributed by atoms with Crippen LogP contribution in [0.25, 0.3) is 11.3 Å². The van der Waals surface area contributed by atoms with E-state index in [1.165, 1.54) is 0 Å². The highest BCUT2D eigenvalue weighted by atomic mass is 16.5. The van der Waals surface area contributed by atoms with E-state index < -0.39 is 0 Å². The Balaban J connectivity index is 1.56. The molecule has 1 aromatic carbocycles. The van der Waals surface area contributed by atoms with E-state index in [1.54, 1.807) is 6.07 Å². The van der Waals surface area contributed by atoms with Crippen LogP contribution in [-0.4, -0.2) is 65.1 Å². The largest absolute Gasteiger partial charge is 0.507 e. The van der Waals surface area contributed by atoms with Gasteiger partial charge >= 0.3 is 0 Å². The minimum atomic E-state index is 0.244. The van der Waals surface area contributed by atoms with Crippen molar-refractivity contribution in [1.82, 2.24) is 15.1 Å². The fraction of sp³-hybridized carbons (Fsp3) is 0.500. The monoisotopic (exact) mass is 354 g/mol. The van der Waals surface area contributed by atoms with Crippen molar-refractivity contribution in [3.05, 3.63) is 35.4 Å². The molecule has 138 valence electrons. The average molecular weight is 354 g/mol. The predicted molar refractivity (Wildman–Crippen MR) is 102 cm³/mol. The minimum absolute atomic E-state index is 0.244. The molecular formula is C20H26N4O2. The van der Waals surface area contributed by atoms with E-state index in [4.69, 9.17) is 4.74 Å². The molecule has 0 saturated carbocycles. The van der Waals surface area contributed by atoms with Gasteiger partial charge in [0.1, 0.15) is 5.75 Å². The lowest BCUT2D eigenvalue weighted by Gasteiger charge is -2.35. The summed E-state index contributed by atoms with van der Waals surface area (Å²) in [5, 5.41) is 19.1. The number of nitrogens with zero attached hydrogens (tertiary/aromatic N) is 4. The summed E-state index contributed by atoms with van der Waals surface area (Å²) in [6.07, 6.45) is 0.244. The van der Waals surface area contributed by atoms with Crippen molar-refractivity contribution in [3.8, 4) is 17.0 Å². The molecule has 0 spiro atoms. The number of anilines is 1. The Morgan fingerprint density at radius 2 is 2.04 bits per heavy atom. The van der Waals surface area contributed by atoms with Gasteiger partial charge in [-0.15, -0.1) is 10.2 Å². The number of phenolic OH excluding ortho intramolecular Hbond substituents is 1. The summed E-state index contributed by atoms with van der Waals surface area (Å²) in [5.74, 6) is 1.12. The van der Waals surface area contributed by atoms with Crippen LogP contribution in [0.4, 0.5) is 5.82 Å². The number of morpholine rings is 1. The summed E-state index contributed by atoms with van der Waals surface area (Å²) in [7, 11) is 0.